The maximum absolute atomic E-state index is 13.7. The van der Waals surface area contributed by atoms with Crippen LogP contribution in [0, 0.1) is 11.8 Å². The summed E-state index contributed by atoms with van der Waals surface area (Å²) in [7, 11) is 0. The monoisotopic (exact) mass is 421 g/mol. The van der Waals surface area contributed by atoms with Gasteiger partial charge >= 0.3 is 0 Å². The summed E-state index contributed by atoms with van der Waals surface area (Å²) in [5, 5.41) is 0. The lowest BCUT2D eigenvalue weighted by molar-refractivity contribution is -0.136. The van der Waals surface area contributed by atoms with Crippen molar-refractivity contribution in [1.82, 2.24) is 4.90 Å². The number of fused-ring (bicyclic) bond motifs is 1. The number of nitrogens with zero attached hydrogens (tertiary/aromatic N) is 1. The van der Waals surface area contributed by atoms with Crippen LogP contribution in [0.15, 0.2) is 58.4 Å². The lowest BCUT2D eigenvalue weighted by Crippen LogP contribution is -2.41. The number of furan rings is 1. The Labute approximate surface area is 181 Å². The van der Waals surface area contributed by atoms with Gasteiger partial charge in [0.15, 0.2) is 11.5 Å². The van der Waals surface area contributed by atoms with E-state index in [1.54, 1.807) is 17.2 Å². The minimum Gasteiger partial charge on any atom is -0.494 e. The van der Waals surface area contributed by atoms with Gasteiger partial charge in [0.1, 0.15) is 17.6 Å². The van der Waals surface area contributed by atoms with Gasteiger partial charge in [-0.05, 0) is 61.9 Å². The van der Waals surface area contributed by atoms with Gasteiger partial charge in [0.2, 0.25) is 0 Å². The van der Waals surface area contributed by atoms with Crippen molar-refractivity contribution in [2.75, 3.05) is 6.61 Å². The molecule has 3 aliphatic rings. The van der Waals surface area contributed by atoms with Crippen molar-refractivity contribution in [1.29, 1.82) is 0 Å². The highest BCUT2D eigenvalue weighted by Crippen LogP contribution is 2.48. The highest BCUT2D eigenvalue weighted by molar-refractivity contribution is 6.11. The van der Waals surface area contributed by atoms with E-state index in [0.29, 0.717) is 29.6 Å². The Morgan fingerprint density at radius 2 is 2.03 bits per heavy atom. The van der Waals surface area contributed by atoms with Crippen molar-refractivity contribution < 1.29 is 23.5 Å². The number of hydrogen-bond acceptors (Lipinski definition) is 5. The van der Waals surface area contributed by atoms with E-state index in [-0.39, 0.29) is 36.0 Å². The first kappa shape index (κ1) is 19.9. The third-order valence-electron chi connectivity index (χ3n) is 6.60. The number of ether oxygens (including phenoxy) is 2. The summed E-state index contributed by atoms with van der Waals surface area (Å²) in [4.78, 5) is 28.9. The van der Waals surface area contributed by atoms with Crippen molar-refractivity contribution in [2.45, 2.75) is 51.8 Å². The summed E-state index contributed by atoms with van der Waals surface area (Å²) in [6.07, 6.45) is 4.01. The quantitative estimate of drug-likeness (QED) is 0.715. The van der Waals surface area contributed by atoms with Crippen LogP contribution in [0.25, 0.3) is 0 Å². The first-order valence-electron chi connectivity index (χ1n) is 11.1. The number of carbonyl (C=O) groups is 2. The molecule has 5 rings (SSSR count). The SMILES string of the molecule is CCOc1cccc(C2C3=C(OC4CCC(C)CC4C3=O)C(=O)N2Cc2ccco2)c1. The minimum atomic E-state index is -0.515. The van der Waals surface area contributed by atoms with Crippen LogP contribution in [0.4, 0.5) is 0 Å². The molecule has 0 saturated heterocycles. The van der Waals surface area contributed by atoms with E-state index < -0.39 is 6.04 Å². The molecule has 0 spiro atoms. The molecule has 3 heterocycles. The molecule has 162 valence electrons. The predicted molar refractivity (Wildman–Crippen MR) is 113 cm³/mol. The molecule has 6 heteroatoms. The van der Waals surface area contributed by atoms with E-state index in [9.17, 15) is 9.59 Å². The Morgan fingerprint density at radius 3 is 2.81 bits per heavy atom. The molecule has 0 N–H and O–H groups in total. The molecule has 31 heavy (non-hydrogen) atoms. The van der Waals surface area contributed by atoms with Crippen LogP contribution in [-0.2, 0) is 20.9 Å². The van der Waals surface area contributed by atoms with Crippen LogP contribution in [0.2, 0.25) is 0 Å². The normalized spacial score (nSPS) is 27.7. The molecule has 2 aromatic rings. The summed E-state index contributed by atoms with van der Waals surface area (Å²) in [6, 6.07) is 10.7. The van der Waals surface area contributed by atoms with E-state index in [4.69, 9.17) is 13.9 Å². The van der Waals surface area contributed by atoms with Crippen LogP contribution in [0.1, 0.15) is 50.5 Å². The number of carbonyl (C=O) groups excluding carboxylic acids is 2. The van der Waals surface area contributed by atoms with Crippen LogP contribution >= 0.6 is 0 Å². The Kier molecular flexibility index (Phi) is 5.08. The number of ketones is 1. The zero-order valence-electron chi connectivity index (χ0n) is 17.9. The first-order chi connectivity index (χ1) is 15.1. The number of Topliss-reactive ketones (excluding diaryl/α,β-unsaturated/α-hetero) is 1. The molecule has 1 saturated carbocycles. The predicted octanol–water partition coefficient (Wildman–Crippen LogP) is 4.42. The molecule has 2 aliphatic heterocycles. The van der Waals surface area contributed by atoms with Crippen LogP contribution in [-0.4, -0.2) is 29.3 Å². The largest absolute Gasteiger partial charge is 0.494 e. The Morgan fingerprint density at radius 1 is 1.16 bits per heavy atom. The van der Waals surface area contributed by atoms with Crippen molar-refractivity contribution in [3.05, 3.63) is 65.3 Å². The summed E-state index contributed by atoms with van der Waals surface area (Å²) < 4.78 is 17.4. The van der Waals surface area contributed by atoms with Crippen LogP contribution < -0.4 is 4.74 Å². The van der Waals surface area contributed by atoms with E-state index in [1.807, 2.05) is 37.3 Å². The average molecular weight is 421 g/mol. The second kappa shape index (κ2) is 7.91. The molecule has 1 aromatic carbocycles. The van der Waals surface area contributed by atoms with Gasteiger partial charge in [-0.15, -0.1) is 0 Å². The molecule has 0 radical (unpaired) electrons. The molecular formula is C25H27NO5. The van der Waals surface area contributed by atoms with Gasteiger partial charge in [-0.2, -0.15) is 0 Å². The van der Waals surface area contributed by atoms with Crippen molar-refractivity contribution in [2.24, 2.45) is 11.8 Å². The summed E-state index contributed by atoms with van der Waals surface area (Å²) >= 11 is 0. The zero-order chi connectivity index (χ0) is 21.5. The molecule has 1 aliphatic carbocycles. The fourth-order valence-electron chi connectivity index (χ4n) is 5.15. The Hall–Kier alpha value is -3.02. The molecular weight excluding hydrogens is 394 g/mol. The molecule has 4 atom stereocenters. The van der Waals surface area contributed by atoms with Gasteiger partial charge < -0.3 is 18.8 Å². The highest BCUT2D eigenvalue weighted by Gasteiger charge is 2.52. The Bertz CT molecular complexity index is 1020. The fraction of sp³-hybridized carbons (Fsp3) is 0.440. The summed E-state index contributed by atoms with van der Waals surface area (Å²) in [5.74, 6) is 1.71. The lowest BCUT2D eigenvalue weighted by atomic mass is 9.74. The molecule has 0 bridgehead atoms. The second-order valence-corrected chi connectivity index (χ2v) is 8.71. The van der Waals surface area contributed by atoms with Gasteiger partial charge in [0.05, 0.1) is 36.9 Å². The first-order valence-corrected chi connectivity index (χ1v) is 11.1. The molecule has 1 amide bonds. The van der Waals surface area contributed by atoms with Crippen LogP contribution in [0.3, 0.4) is 0 Å². The number of hydrogen-bond donors (Lipinski definition) is 0. The average Bonchev–Trinajstić information content (AvgIpc) is 3.37. The highest BCUT2D eigenvalue weighted by atomic mass is 16.5. The third kappa shape index (κ3) is 3.44. The van der Waals surface area contributed by atoms with Gasteiger partial charge in [0.25, 0.3) is 5.91 Å². The van der Waals surface area contributed by atoms with Gasteiger partial charge in [-0.25, -0.2) is 0 Å². The molecule has 1 aromatic heterocycles. The number of benzene rings is 1. The second-order valence-electron chi connectivity index (χ2n) is 8.71. The van der Waals surface area contributed by atoms with E-state index in [2.05, 4.69) is 6.92 Å². The van der Waals surface area contributed by atoms with Crippen molar-refractivity contribution >= 4 is 11.7 Å². The smallest absolute Gasteiger partial charge is 0.290 e. The van der Waals surface area contributed by atoms with Crippen LogP contribution in [0.5, 0.6) is 5.75 Å². The summed E-state index contributed by atoms with van der Waals surface area (Å²) in [6.45, 7) is 4.92. The van der Waals surface area contributed by atoms with E-state index in [1.165, 1.54) is 0 Å². The van der Waals surface area contributed by atoms with E-state index >= 15 is 0 Å². The van der Waals surface area contributed by atoms with E-state index in [0.717, 1.165) is 24.8 Å². The maximum Gasteiger partial charge on any atom is 0.290 e. The van der Waals surface area contributed by atoms with Gasteiger partial charge in [0, 0.05) is 0 Å². The number of amides is 1. The number of rotatable bonds is 5. The molecule has 1 fully saturated rings. The molecule has 6 nitrogen and oxygen atoms in total. The Balaban J connectivity index is 1.58. The lowest BCUT2D eigenvalue weighted by Gasteiger charge is -2.37. The third-order valence-corrected chi connectivity index (χ3v) is 6.60. The zero-order valence-corrected chi connectivity index (χ0v) is 17.9. The van der Waals surface area contributed by atoms with Crippen molar-refractivity contribution in [3.63, 3.8) is 0 Å². The minimum absolute atomic E-state index is 0.0555. The topological polar surface area (TPSA) is 69.0 Å². The fourth-order valence-corrected chi connectivity index (χ4v) is 5.15. The maximum atomic E-state index is 13.7. The molecule has 4 unspecified atom stereocenters. The van der Waals surface area contributed by atoms with Gasteiger partial charge in [-0.3, -0.25) is 9.59 Å². The standard InChI is InChI=1S/C25H27NO5/c1-3-29-17-7-4-6-16(13-17)22-21-23(27)19-12-15(2)9-10-20(19)31-24(21)25(28)26(22)14-18-8-5-11-30-18/h4-8,11,13,15,19-20,22H,3,9-10,12,14H2,1-2H3. The van der Waals surface area contributed by atoms with Crippen molar-refractivity contribution in [3.8, 4) is 5.75 Å². The van der Waals surface area contributed by atoms with Gasteiger partial charge in [-0.1, -0.05) is 19.1 Å². The summed E-state index contributed by atoms with van der Waals surface area (Å²) in [5.41, 5.74) is 1.33.